The highest BCUT2D eigenvalue weighted by molar-refractivity contribution is 9.11. The molecular weight excluding hydrogens is 636 g/mol. The fourth-order valence-electron chi connectivity index (χ4n) is 3.14. The third-order valence-electron chi connectivity index (χ3n) is 4.74. The molecule has 166 valence electrons. The molecule has 1 fully saturated rings. The second kappa shape index (κ2) is 10.3. The van der Waals surface area contributed by atoms with Crippen molar-refractivity contribution in [3.63, 3.8) is 0 Å². The molecule has 33 heavy (non-hydrogen) atoms. The summed E-state index contributed by atoms with van der Waals surface area (Å²) >= 11 is 15.6. The molecule has 0 aromatic heterocycles. The van der Waals surface area contributed by atoms with Crippen LogP contribution in [-0.2, 0) is 16.2 Å². The number of amides is 2. The molecule has 4 rings (SSSR count). The lowest BCUT2D eigenvalue weighted by Crippen LogP contribution is -2.54. The molecule has 3 aromatic carbocycles. The van der Waals surface area contributed by atoms with E-state index in [1.165, 1.54) is 11.0 Å². The van der Waals surface area contributed by atoms with Gasteiger partial charge in [0.05, 0.1) is 10.2 Å². The lowest BCUT2D eigenvalue weighted by atomic mass is 10.1. The van der Waals surface area contributed by atoms with Crippen molar-refractivity contribution in [2.75, 3.05) is 4.90 Å². The van der Waals surface area contributed by atoms with Gasteiger partial charge in [-0.2, -0.15) is 0 Å². The second-order valence-electron chi connectivity index (χ2n) is 7.04. The van der Waals surface area contributed by atoms with Gasteiger partial charge in [0, 0.05) is 8.95 Å². The van der Waals surface area contributed by atoms with Crippen molar-refractivity contribution in [3.8, 4) is 5.75 Å². The molecule has 0 saturated carbocycles. The Morgan fingerprint density at radius 3 is 2.39 bits per heavy atom. The molecular formula is C24H15Br3N2O3S. The monoisotopic (exact) mass is 648 g/mol. The number of halogens is 3. The first-order valence-corrected chi connectivity index (χ1v) is 12.4. The van der Waals surface area contributed by atoms with Gasteiger partial charge in [0.25, 0.3) is 11.8 Å². The maximum atomic E-state index is 13.2. The summed E-state index contributed by atoms with van der Waals surface area (Å²) in [4.78, 5) is 27.0. The van der Waals surface area contributed by atoms with Gasteiger partial charge in [-0.3, -0.25) is 19.8 Å². The average Bonchev–Trinajstić information content (AvgIpc) is 2.77. The van der Waals surface area contributed by atoms with E-state index in [0.717, 1.165) is 14.5 Å². The number of hydrogen-bond acceptors (Lipinski definition) is 4. The average molecular weight is 651 g/mol. The summed E-state index contributed by atoms with van der Waals surface area (Å²) < 4.78 is 8.39. The molecule has 0 aliphatic carbocycles. The lowest BCUT2D eigenvalue weighted by molar-refractivity contribution is -0.122. The first kappa shape index (κ1) is 23.8. The first-order valence-electron chi connectivity index (χ1n) is 9.65. The van der Waals surface area contributed by atoms with Crippen molar-refractivity contribution in [1.82, 2.24) is 5.32 Å². The van der Waals surface area contributed by atoms with Gasteiger partial charge in [0.1, 0.15) is 17.9 Å². The molecule has 1 saturated heterocycles. The van der Waals surface area contributed by atoms with Crippen LogP contribution in [0, 0.1) is 0 Å². The Balaban J connectivity index is 1.56. The van der Waals surface area contributed by atoms with Crippen molar-refractivity contribution in [3.05, 3.63) is 96.8 Å². The zero-order valence-electron chi connectivity index (χ0n) is 16.8. The quantitative estimate of drug-likeness (QED) is 0.198. The van der Waals surface area contributed by atoms with Crippen molar-refractivity contribution in [1.29, 1.82) is 0 Å². The second-order valence-corrected chi connectivity index (χ2v) is 10.1. The summed E-state index contributed by atoms with van der Waals surface area (Å²) in [6, 6.07) is 20.4. The van der Waals surface area contributed by atoms with Crippen LogP contribution in [0.15, 0.2) is 85.7 Å². The van der Waals surface area contributed by atoms with E-state index in [1.807, 2.05) is 30.3 Å². The topological polar surface area (TPSA) is 58.6 Å². The summed E-state index contributed by atoms with van der Waals surface area (Å²) in [5, 5.41) is 2.63. The van der Waals surface area contributed by atoms with Crippen molar-refractivity contribution in [2.45, 2.75) is 6.61 Å². The van der Waals surface area contributed by atoms with Gasteiger partial charge in [-0.05, 0) is 87.8 Å². The van der Waals surface area contributed by atoms with E-state index in [-0.39, 0.29) is 10.7 Å². The first-order chi connectivity index (χ1) is 15.8. The number of carbonyl (C=O) groups is 2. The Morgan fingerprint density at radius 1 is 0.939 bits per heavy atom. The van der Waals surface area contributed by atoms with Crippen molar-refractivity contribution < 1.29 is 14.3 Å². The molecule has 1 aliphatic heterocycles. The SMILES string of the molecule is O=C1NC(=S)N(c2cccc(Br)c2)C(=O)/C1=C/c1ccc(OCc2ccc(Br)cc2)c(Br)c1. The zero-order valence-corrected chi connectivity index (χ0v) is 22.4. The van der Waals surface area contributed by atoms with Gasteiger partial charge in [0.2, 0.25) is 0 Å². The van der Waals surface area contributed by atoms with Crippen molar-refractivity contribution in [2.24, 2.45) is 0 Å². The largest absolute Gasteiger partial charge is 0.488 e. The van der Waals surface area contributed by atoms with Gasteiger partial charge in [-0.15, -0.1) is 0 Å². The number of nitrogens with zero attached hydrogens (tertiary/aromatic N) is 1. The third-order valence-corrected chi connectivity index (χ3v) is 6.67. The fourth-order valence-corrected chi connectivity index (χ4v) is 4.58. The Hall–Kier alpha value is -2.33. The van der Waals surface area contributed by atoms with Gasteiger partial charge >= 0.3 is 0 Å². The number of hydrogen-bond donors (Lipinski definition) is 1. The molecule has 0 spiro atoms. The van der Waals surface area contributed by atoms with Gasteiger partial charge < -0.3 is 4.74 Å². The predicted octanol–water partition coefficient (Wildman–Crippen LogP) is 6.38. The van der Waals surface area contributed by atoms with E-state index in [0.29, 0.717) is 28.1 Å². The summed E-state index contributed by atoms with van der Waals surface area (Å²) in [6.45, 7) is 0.409. The number of nitrogens with one attached hydrogen (secondary N) is 1. The molecule has 9 heteroatoms. The van der Waals surface area contributed by atoms with E-state index < -0.39 is 11.8 Å². The van der Waals surface area contributed by atoms with E-state index in [4.69, 9.17) is 17.0 Å². The Morgan fingerprint density at radius 2 is 1.70 bits per heavy atom. The van der Waals surface area contributed by atoms with Gasteiger partial charge in [-0.1, -0.05) is 56.1 Å². The molecule has 1 heterocycles. The fraction of sp³-hybridized carbons (Fsp3) is 0.0417. The summed E-state index contributed by atoms with van der Waals surface area (Å²) in [5.74, 6) is -0.382. The van der Waals surface area contributed by atoms with Crippen LogP contribution in [0.2, 0.25) is 0 Å². The molecule has 3 aromatic rings. The molecule has 0 bridgehead atoms. The van der Waals surface area contributed by atoms with Crippen LogP contribution in [0.5, 0.6) is 5.75 Å². The lowest BCUT2D eigenvalue weighted by Gasteiger charge is -2.29. The number of anilines is 1. The maximum absolute atomic E-state index is 13.2. The van der Waals surface area contributed by atoms with Crippen LogP contribution in [0.25, 0.3) is 6.08 Å². The molecule has 2 amide bonds. The smallest absolute Gasteiger partial charge is 0.270 e. The summed E-state index contributed by atoms with van der Waals surface area (Å²) in [6.07, 6.45) is 1.54. The molecule has 1 aliphatic rings. The number of thiocarbonyl (C=S) groups is 1. The van der Waals surface area contributed by atoms with E-state index in [1.54, 1.807) is 36.4 Å². The standard InChI is InChI=1S/C24H15Br3N2O3S/c25-16-7-4-14(5-8-16)13-32-21-9-6-15(11-20(21)27)10-19-22(30)28-24(33)29(23(19)31)18-3-1-2-17(26)12-18/h1-12H,13H2,(H,28,30,33)/b19-10+. The van der Waals surface area contributed by atoms with E-state index >= 15 is 0 Å². The zero-order chi connectivity index (χ0) is 23.5. The van der Waals surface area contributed by atoms with E-state index in [2.05, 4.69) is 53.1 Å². The van der Waals surface area contributed by atoms with Crippen LogP contribution in [0.3, 0.4) is 0 Å². The Kier molecular flexibility index (Phi) is 7.43. The van der Waals surface area contributed by atoms with E-state index in [9.17, 15) is 9.59 Å². The van der Waals surface area contributed by atoms with Crippen LogP contribution in [-0.4, -0.2) is 16.9 Å². The Labute approximate surface area is 221 Å². The number of benzene rings is 3. The minimum Gasteiger partial charge on any atom is -0.488 e. The maximum Gasteiger partial charge on any atom is 0.270 e. The van der Waals surface area contributed by atoms with Crippen LogP contribution < -0.4 is 15.0 Å². The minimum atomic E-state index is -0.539. The van der Waals surface area contributed by atoms with Gasteiger partial charge in [-0.25, -0.2) is 0 Å². The molecule has 1 N–H and O–H groups in total. The Bertz CT molecular complexity index is 1290. The normalized spacial score (nSPS) is 15.1. The van der Waals surface area contributed by atoms with Crippen LogP contribution in [0.1, 0.15) is 11.1 Å². The highest BCUT2D eigenvalue weighted by Gasteiger charge is 2.34. The van der Waals surface area contributed by atoms with Crippen LogP contribution in [0.4, 0.5) is 5.69 Å². The minimum absolute atomic E-state index is 0.0148. The van der Waals surface area contributed by atoms with Gasteiger partial charge in [0.15, 0.2) is 5.11 Å². The summed E-state index contributed by atoms with van der Waals surface area (Å²) in [7, 11) is 0. The summed E-state index contributed by atoms with van der Waals surface area (Å²) in [5.41, 5.74) is 2.24. The van der Waals surface area contributed by atoms with Crippen molar-refractivity contribution >= 4 is 88.7 Å². The molecule has 5 nitrogen and oxygen atoms in total. The number of rotatable bonds is 5. The predicted molar refractivity (Wildman–Crippen MR) is 143 cm³/mol. The highest BCUT2D eigenvalue weighted by atomic mass is 79.9. The number of ether oxygens (including phenoxy) is 1. The highest BCUT2D eigenvalue weighted by Crippen LogP contribution is 2.29. The number of carbonyl (C=O) groups excluding carboxylic acids is 2. The molecule has 0 radical (unpaired) electrons. The molecule has 0 unspecified atom stereocenters. The molecule has 0 atom stereocenters. The van der Waals surface area contributed by atoms with Crippen LogP contribution >= 0.6 is 60.0 Å². The third kappa shape index (κ3) is 5.60.